The van der Waals surface area contributed by atoms with Gasteiger partial charge < -0.3 is 0 Å². The minimum absolute atomic E-state index is 0.305. The molecular weight excluding hydrogens is 226 g/mol. The van der Waals surface area contributed by atoms with Gasteiger partial charge in [0.1, 0.15) is 0 Å². The van der Waals surface area contributed by atoms with Gasteiger partial charge in [-0.25, -0.2) is 4.98 Å². The molecule has 0 saturated heterocycles. The number of hydrogen-bond donors (Lipinski definition) is 0. The van der Waals surface area contributed by atoms with Crippen LogP contribution in [-0.2, 0) is 6.42 Å². The lowest BCUT2D eigenvalue weighted by Gasteiger charge is -2.19. The van der Waals surface area contributed by atoms with Crippen LogP contribution < -0.4 is 0 Å². The Kier molecular flexibility index (Phi) is 3.43. The zero-order valence-corrected chi connectivity index (χ0v) is 11.8. The zero-order valence-electron chi connectivity index (χ0n) is 10.9. The fraction of sp³-hybridized carbons (Fsp3) is 0.400. The Bertz CT molecular complexity index is 526. The molecule has 0 amide bonds. The lowest BCUT2D eigenvalue weighted by molar-refractivity contribution is 0.412. The van der Waals surface area contributed by atoms with Crippen molar-refractivity contribution in [2.45, 2.75) is 32.2 Å². The molecule has 0 unspecified atom stereocenters. The van der Waals surface area contributed by atoms with Crippen LogP contribution in [0.25, 0.3) is 10.9 Å². The second-order valence-corrected chi connectivity index (χ2v) is 6.40. The van der Waals surface area contributed by atoms with Crippen molar-refractivity contribution < 1.29 is 0 Å². The van der Waals surface area contributed by atoms with Crippen molar-refractivity contribution in [1.82, 2.24) is 4.98 Å². The first-order valence-corrected chi connectivity index (χ1v) is 7.15. The van der Waals surface area contributed by atoms with Gasteiger partial charge in [0.15, 0.2) is 0 Å². The third-order valence-corrected chi connectivity index (χ3v) is 3.34. The highest BCUT2D eigenvalue weighted by Crippen LogP contribution is 2.28. The van der Waals surface area contributed by atoms with Crippen LogP contribution in [0.3, 0.4) is 0 Å². The van der Waals surface area contributed by atoms with Gasteiger partial charge in [0.25, 0.3) is 0 Å². The maximum Gasteiger partial charge on any atom is 0.0967 e. The predicted molar refractivity (Wildman–Crippen MR) is 76.7 cm³/mol. The molecule has 0 aliphatic rings. The Morgan fingerprint density at radius 1 is 1.18 bits per heavy atom. The summed E-state index contributed by atoms with van der Waals surface area (Å²) in [6.45, 7) is 6.84. The summed E-state index contributed by atoms with van der Waals surface area (Å²) in [4.78, 5) is 4.65. The third-order valence-electron chi connectivity index (χ3n) is 2.71. The molecule has 0 spiro atoms. The van der Waals surface area contributed by atoms with E-state index >= 15 is 0 Å². The molecule has 2 rings (SSSR count). The summed E-state index contributed by atoms with van der Waals surface area (Å²) in [5.74, 6) is 0. The average molecular weight is 245 g/mol. The van der Waals surface area contributed by atoms with Crippen LogP contribution in [0.5, 0.6) is 0 Å². The van der Waals surface area contributed by atoms with Crippen LogP contribution in [0.2, 0.25) is 0 Å². The first-order valence-electron chi connectivity index (χ1n) is 5.92. The Hall–Kier alpha value is -1.02. The highest BCUT2D eigenvalue weighted by Gasteiger charge is 2.14. The standard InChI is InChI=1S/C15H19NS/c1-15(2,3)10-11-9-14(17-4)16-13-8-6-5-7-12(11)13/h5-9H,10H2,1-4H3. The lowest BCUT2D eigenvalue weighted by atomic mass is 9.87. The van der Waals surface area contributed by atoms with E-state index in [0.717, 1.165) is 17.0 Å². The number of fused-ring (bicyclic) bond motifs is 1. The minimum atomic E-state index is 0.305. The van der Waals surface area contributed by atoms with Crippen molar-refractivity contribution in [3.63, 3.8) is 0 Å². The largest absolute Gasteiger partial charge is 0.241 e. The van der Waals surface area contributed by atoms with E-state index in [1.54, 1.807) is 11.8 Å². The summed E-state index contributed by atoms with van der Waals surface area (Å²) < 4.78 is 0. The van der Waals surface area contributed by atoms with Crippen LogP contribution in [-0.4, -0.2) is 11.2 Å². The van der Waals surface area contributed by atoms with E-state index in [9.17, 15) is 0 Å². The molecule has 90 valence electrons. The summed E-state index contributed by atoms with van der Waals surface area (Å²) in [6, 6.07) is 10.7. The van der Waals surface area contributed by atoms with Crippen molar-refractivity contribution in [2.75, 3.05) is 6.26 Å². The molecule has 0 radical (unpaired) electrons. The summed E-state index contributed by atoms with van der Waals surface area (Å²) in [5, 5.41) is 2.41. The van der Waals surface area contributed by atoms with E-state index < -0.39 is 0 Å². The third kappa shape index (κ3) is 3.01. The van der Waals surface area contributed by atoms with Gasteiger partial charge in [0.05, 0.1) is 10.5 Å². The van der Waals surface area contributed by atoms with E-state index in [1.807, 2.05) is 0 Å². The maximum atomic E-state index is 4.65. The molecule has 0 atom stereocenters. The molecule has 0 saturated carbocycles. The van der Waals surface area contributed by atoms with Crippen LogP contribution in [0, 0.1) is 5.41 Å². The number of para-hydroxylation sites is 1. The lowest BCUT2D eigenvalue weighted by Crippen LogP contribution is -2.09. The fourth-order valence-electron chi connectivity index (χ4n) is 2.04. The van der Waals surface area contributed by atoms with Crippen LogP contribution in [0.1, 0.15) is 26.3 Å². The molecule has 0 fully saturated rings. The fourth-order valence-corrected chi connectivity index (χ4v) is 2.49. The van der Waals surface area contributed by atoms with Crippen LogP contribution in [0.4, 0.5) is 0 Å². The van der Waals surface area contributed by atoms with Crippen molar-refractivity contribution >= 4 is 22.7 Å². The predicted octanol–water partition coefficient (Wildman–Crippen LogP) is 4.55. The molecule has 0 aliphatic heterocycles. The molecule has 1 heterocycles. The van der Waals surface area contributed by atoms with Crippen LogP contribution >= 0.6 is 11.8 Å². The van der Waals surface area contributed by atoms with Gasteiger partial charge in [-0.3, -0.25) is 0 Å². The number of nitrogens with zero attached hydrogens (tertiary/aromatic N) is 1. The molecular formula is C15H19NS. The second-order valence-electron chi connectivity index (χ2n) is 5.58. The van der Waals surface area contributed by atoms with E-state index in [2.05, 4.69) is 62.3 Å². The quantitative estimate of drug-likeness (QED) is 0.720. The average Bonchev–Trinajstić information content (AvgIpc) is 2.26. The van der Waals surface area contributed by atoms with Gasteiger partial charge in [0, 0.05) is 5.39 Å². The smallest absolute Gasteiger partial charge is 0.0967 e. The number of pyridine rings is 1. The highest BCUT2D eigenvalue weighted by atomic mass is 32.2. The Labute approximate surface area is 108 Å². The first-order chi connectivity index (χ1) is 7.99. The number of aromatic nitrogens is 1. The second kappa shape index (κ2) is 4.69. The molecule has 1 aromatic heterocycles. The molecule has 17 heavy (non-hydrogen) atoms. The zero-order chi connectivity index (χ0) is 12.5. The van der Waals surface area contributed by atoms with Gasteiger partial charge in [-0.05, 0) is 35.8 Å². The minimum Gasteiger partial charge on any atom is -0.241 e. The van der Waals surface area contributed by atoms with E-state index in [4.69, 9.17) is 0 Å². The van der Waals surface area contributed by atoms with Crippen molar-refractivity contribution in [3.8, 4) is 0 Å². The Morgan fingerprint density at radius 3 is 2.53 bits per heavy atom. The monoisotopic (exact) mass is 245 g/mol. The molecule has 1 nitrogen and oxygen atoms in total. The van der Waals surface area contributed by atoms with Crippen molar-refractivity contribution in [3.05, 3.63) is 35.9 Å². The molecule has 2 aromatic rings. The van der Waals surface area contributed by atoms with Crippen LogP contribution in [0.15, 0.2) is 35.4 Å². The molecule has 0 N–H and O–H groups in total. The van der Waals surface area contributed by atoms with E-state index in [-0.39, 0.29) is 0 Å². The van der Waals surface area contributed by atoms with Crippen molar-refractivity contribution in [2.24, 2.45) is 5.41 Å². The number of thioether (sulfide) groups is 1. The van der Waals surface area contributed by atoms with Crippen molar-refractivity contribution in [1.29, 1.82) is 0 Å². The molecule has 0 bridgehead atoms. The summed E-state index contributed by atoms with van der Waals surface area (Å²) in [5.41, 5.74) is 2.82. The Balaban J connectivity index is 2.58. The molecule has 0 aliphatic carbocycles. The SMILES string of the molecule is CSc1cc(CC(C)(C)C)c2ccccc2n1. The van der Waals surface area contributed by atoms with Gasteiger partial charge in [-0.1, -0.05) is 39.0 Å². The van der Waals surface area contributed by atoms with Gasteiger partial charge in [-0.2, -0.15) is 0 Å². The van der Waals surface area contributed by atoms with Gasteiger partial charge in [-0.15, -0.1) is 11.8 Å². The normalized spacial score (nSPS) is 12.0. The van der Waals surface area contributed by atoms with Gasteiger partial charge >= 0.3 is 0 Å². The van der Waals surface area contributed by atoms with E-state index in [1.165, 1.54) is 10.9 Å². The maximum absolute atomic E-state index is 4.65. The molecule has 2 heteroatoms. The summed E-state index contributed by atoms with van der Waals surface area (Å²) >= 11 is 1.71. The summed E-state index contributed by atoms with van der Waals surface area (Å²) in [6.07, 6.45) is 3.17. The summed E-state index contributed by atoms with van der Waals surface area (Å²) in [7, 11) is 0. The number of rotatable bonds is 2. The molecule has 1 aromatic carbocycles. The topological polar surface area (TPSA) is 12.9 Å². The highest BCUT2D eigenvalue weighted by molar-refractivity contribution is 7.98. The Morgan fingerprint density at radius 2 is 1.88 bits per heavy atom. The number of benzene rings is 1. The van der Waals surface area contributed by atoms with E-state index in [0.29, 0.717) is 5.41 Å². The number of hydrogen-bond acceptors (Lipinski definition) is 2. The van der Waals surface area contributed by atoms with Gasteiger partial charge in [0.2, 0.25) is 0 Å². The first kappa shape index (κ1) is 12.4.